The summed E-state index contributed by atoms with van der Waals surface area (Å²) in [5, 5.41) is 9.59. The molecule has 3 nitrogen and oxygen atoms in total. The first-order valence-corrected chi connectivity index (χ1v) is 5.43. The maximum Gasteiger partial charge on any atom is 0.145 e. The second kappa shape index (κ2) is 5.05. The number of nitrogens with zero attached hydrogens (tertiary/aromatic N) is 2. The second-order valence-corrected chi connectivity index (χ2v) is 4.07. The first-order valence-electron chi connectivity index (χ1n) is 4.67. The summed E-state index contributed by atoms with van der Waals surface area (Å²) in [6.07, 6.45) is 1.47. The van der Waals surface area contributed by atoms with Crippen molar-refractivity contribution in [1.82, 2.24) is 4.98 Å². The second-order valence-electron chi connectivity index (χ2n) is 3.20. The molecule has 0 N–H and O–H groups in total. The van der Waals surface area contributed by atoms with Gasteiger partial charge in [-0.1, -0.05) is 23.2 Å². The monoisotopic (exact) mass is 264 g/mol. The van der Waals surface area contributed by atoms with Gasteiger partial charge in [-0.05, 0) is 30.3 Å². The Morgan fingerprint density at radius 1 is 1.06 bits per heavy atom. The van der Waals surface area contributed by atoms with E-state index in [2.05, 4.69) is 4.98 Å². The molecule has 0 fully saturated rings. The van der Waals surface area contributed by atoms with Crippen molar-refractivity contribution in [2.45, 2.75) is 0 Å². The molecule has 17 heavy (non-hydrogen) atoms. The van der Waals surface area contributed by atoms with Gasteiger partial charge in [0.05, 0.1) is 6.20 Å². The smallest absolute Gasteiger partial charge is 0.145 e. The minimum absolute atomic E-state index is 0.335. The lowest BCUT2D eigenvalue weighted by molar-refractivity contribution is 0.480. The Kier molecular flexibility index (Phi) is 3.48. The van der Waals surface area contributed by atoms with Crippen molar-refractivity contribution in [3.05, 3.63) is 52.3 Å². The van der Waals surface area contributed by atoms with Gasteiger partial charge in [0.15, 0.2) is 0 Å². The Morgan fingerprint density at radius 3 is 2.29 bits per heavy atom. The largest absolute Gasteiger partial charge is 0.456 e. The van der Waals surface area contributed by atoms with Crippen LogP contribution in [0.25, 0.3) is 0 Å². The molecule has 1 aromatic heterocycles. The van der Waals surface area contributed by atoms with E-state index in [1.807, 2.05) is 6.07 Å². The first kappa shape index (κ1) is 11.7. The van der Waals surface area contributed by atoms with Gasteiger partial charge in [0.25, 0.3) is 0 Å². The molecule has 0 aliphatic heterocycles. The number of ether oxygens (including phenoxy) is 1. The molecular formula is C12H6Cl2N2O. The molecule has 0 spiro atoms. The van der Waals surface area contributed by atoms with Crippen molar-refractivity contribution in [3.63, 3.8) is 0 Å². The van der Waals surface area contributed by atoms with Crippen molar-refractivity contribution in [1.29, 1.82) is 5.26 Å². The van der Waals surface area contributed by atoms with Gasteiger partial charge in [-0.2, -0.15) is 5.26 Å². The van der Waals surface area contributed by atoms with Crippen molar-refractivity contribution < 1.29 is 4.74 Å². The molecule has 0 bridgehead atoms. The Bertz CT molecular complexity index is 556. The highest BCUT2D eigenvalue weighted by Crippen LogP contribution is 2.27. The minimum Gasteiger partial charge on any atom is -0.456 e. The maximum absolute atomic E-state index is 8.60. The van der Waals surface area contributed by atoms with Crippen LogP contribution < -0.4 is 4.74 Å². The summed E-state index contributed by atoms with van der Waals surface area (Å²) in [4.78, 5) is 3.89. The molecule has 0 saturated heterocycles. The molecule has 2 aromatic rings. The predicted molar refractivity (Wildman–Crippen MR) is 65.5 cm³/mol. The number of halogens is 2. The lowest BCUT2D eigenvalue weighted by Crippen LogP contribution is -1.87. The van der Waals surface area contributed by atoms with Gasteiger partial charge in [-0.3, -0.25) is 0 Å². The summed E-state index contributed by atoms with van der Waals surface area (Å²) in [5.41, 5.74) is 0.335. The third-order valence-corrected chi connectivity index (χ3v) is 2.36. The van der Waals surface area contributed by atoms with Gasteiger partial charge < -0.3 is 4.74 Å². The number of benzene rings is 1. The molecular weight excluding hydrogens is 259 g/mol. The summed E-state index contributed by atoms with van der Waals surface area (Å²) < 4.78 is 5.50. The average molecular weight is 265 g/mol. The van der Waals surface area contributed by atoms with Gasteiger partial charge in [0.1, 0.15) is 23.3 Å². The van der Waals surface area contributed by atoms with E-state index < -0.39 is 0 Å². The Hall–Kier alpha value is -1.76. The van der Waals surface area contributed by atoms with Crippen LogP contribution in [-0.4, -0.2) is 4.98 Å². The zero-order valence-corrected chi connectivity index (χ0v) is 10.0. The van der Waals surface area contributed by atoms with E-state index >= 15 is 0 Å². The highest BCUT2D eigenvalue weighted by atomic mass is 35.5. The molecule has 0 atom stereocenters. The average Bonchev–Trinajstić information content (AvgIpc) is 2.28. The van der Waals surface area contributed by atoms with E-state index in [1.165, 1.54) is 6.20 Å². The quantitative estimate of drug-likeness (QED) is 0.822. The van der Waals surface area contributed by atoms with E-state index in [0.717, 1.165) is 0 Å². The molecule has 0 amide bonds. The lowest BCUT2D eigenvalue weighted by atomic mass is 10.3. The van der Waals surface area contributed by atoms with Gasteiger partial charge >= 0.3 is 0 Å². The number of aromatic nitrogens is 1. The van der Waals surface area contributed by atoms with Crippen molar-refractivity contribution in [3.8, 4) is 17.6 Å². The van der Waals surface area contributed by atoms with Crippen LogP contribution in [0.2, 0.25) is 10.0 Å². The molecule has 0 unspecified atom stereocenters. The van der Waals surface area contributed by atoms with Gasteiger partial charge in [0, 0.05) is 10.0 Å². The fourth-order valence-corrected chi connectivity index (χ4v) is 1.74. The van der Waals surface area contributed by atoms with E-state index in [-0.39, 0.29) is 0 Å². The summed E-state index contributed by atoms with van der Waals surface area (Å²) in [7, 11) is 0. The van der Waals surface area contributed by atoms with Gasteiger partial charge in [-0.25, -0.2) is 4.98 Å². The Labute approximate surface area is 108 Å². The minimum atomic E-state index is 0.335. The predicted octanol–water partition coefficient (Wildman–Crippen LogP) is 4.05. The van der Waals surface area contributed by atoms with Crippen LogP contribution in [-0.2, 0) is 0 Å². The van der Waals surface area contributed by atoms with Crippen LogP contribution in [0.1, 0.15) is 5.69 Å². The fraction of sp³-hybridized carbons (Fsp3) is 0. The molecule has 0 radical (unpaired) electrons. The van der Waals surface area contributed by atoms with E-state index in [0.29, 0.717) is 27.2 Å². The molecule has 0 saturated carbocycles. The number of hydrogen-bond acceptors (Lipinski definition) is 3. The standard InChI is InChI=1S/C12H6Cl2N2O/c13-8-3-9(14)5-12(4-8)17-11-2-1-10(6-15)16-7-11/h1-5,7H. The lowest BCUT2D eigenvalue weighted by Gasteiger charge is -2.05. The fourth-order valence-electron chi connectivity index (χ4n) is 1.23. The first-order chi connectivity index (χ1) is 8.17. The van der Waals surface area contributed by atoms with Crippen LogP contribution in [0.4, 0.5) is 0 Å². The number of rotatable bonds is 2. The van der Waals surface area contributed by atoms with Crippen LogP contribution >= 0.6 is 23.2 Å². The maximum atomic E-state index is 8.60. The Balaban J connectivity index is 2.22. The molecule has 1 heterocycles. The summed E-state index contributed by atoms with van der Waals surface area (Å²) in [6.45, 7) is 0. The third kappa shape index (κ3) is 3.10. The SMILES string of the molecule is N#Cc1ccc(Oc2cc(Cl)cc(Cl)c2)cn1. The van der Waals surface area contributed by atoms with Crippen LogP contribution in [0.5, 0.6) is 11.5 Å². The van der Waals surface area contributed by atoms with E-state index in [1.54, 1.807) is 30.3 Å². The van der Waals surface area contributed by atoms with Gasteiger partial charge in [-0.15, -0.1) is 0 Å². The molecule has 84 valence electrons. The van der Waals surface area contributed by atoms with Crippen LogP contribution in [0, 0.1) is 11.3 Å². The van der Waals surface area contributed by atoms with Gasteiger partial charge in [0.2, 0.25) is 0 Å². The highest BCUT2D eigenvalue weighted by molar-refractivity contribution is 6.34. The van der Waals surface area contributed by atoms with Crippen LogP contribution in [0.15, 0.2) is 36.5 Å². The van der Waals surface area contributed by atoms with Crippen molar-refractivity contribution >= 4 is 23.2 Å². The van der Waals surface area contributed by atoms with E-state index in [9.17, 15) is 0 Å². The topological polar surface area (TPSA) is 45.9 Å². The van der Waals surface area contributed by atoms with E-state index in [4.69, 9.17) is 33.2 Å². The molecule has 1 aromatic carbocycles. The number of nitriles is 1. The summed E-state index contributed by atoms with van der Waals surface area (Å²) in [5.74, 6) is 1.04. The normalized spacial score (nSPS) is 9.71. The van der Waals surface area contributed by atoms with Crippen LogP contribution in [0.3, 0.4) is 0 Å². The summed E-state index contributed by atoms with van der Waals surface area (Å²) >= 11 is 11.7. The van der Waals surface area contributed by atoms with Crippen molar-refractivity contribution in [2.75, 3.05) is 0 Å². The molecule has 2 rings (SSSR count). The molecule has 5 heteroatoms. The third-order valence-electron chi connectivity index (χ3n) is 1.92. The molecule has 0 aliphatic rings. The molecule has 0 aliphatic carbocycles. The number of pyridine rings is 1. The highest BCUT2D eigenvalue weighted by Gasteiger charge is 2.01. The Morgan fingerprint density at radius 2 is 1.76 bits per heavy atom. The zero-order valence-electron chi connectivity index (χ0n) is 8.52. The van der Waals surface area contributed by atoms with Crippen molar-refractivity contribution in [2.24, 2.45) is 0 Å². The number of hydrogen-bond donors (Lipinski definition) is 0. The zero-order chi connectivity index (χ0) is 12.3. The summed E-state index contributed by atoms with van der Waals surface area (Å²) in [6, 6.07) is 10.1.